The van der Waals surface area contributed by atoms with E-state index in [9.17, 15) is 4.79 Å². The SMILES string of the molecule is Cc1nc2ccccc2c(=O)n1CC[NH+]1CCOCC1. The molecule has 5 heteroatoms. The summed E-state index contributed by atoms with van der Waals surface area (Å²) in [6.45, 7) is 7.26. The van der Waals surface area contributed by atoms with Crippen molar-refractivity contribution >= 4 is 10.9 Å². The molecule has 106 valence electrons. The number of nitrogens with one attached hydrogen (secondary N) is 1. The third-order valence-corrected chi connectivity index (χ3v) is 3.94. The number of hydrogen-bond donors (Lipinski definition) is 1. The predicted octanol–water partition coefficient (Wildman–Crippen LogP) is -0.380. The van der Waals surface area contributed by atoms with Gasteiger partial charge in [-0.15, -0.1) is 0 Å². The van der Waals surface area contributed by atoms with Gasteiger partial charge in [0.2, 0.25) is 0 Å². The zero-order valence-electron chi connectivity index (χ0n) is 11.8. The van der Waals surface area contributed by atoms with Crippen LogP contribution in [-0.4, -0.2) is 42.4 Å². The van der Waals surface area contributed by atoms with Gasteiger partial charge in [0.15, 0.2) is 0 Å². The molecule has 0 aliphatic carbocycles. The van der Waals surface area contributed by atoms with Crippen LogP contribution in [0.25, 0.3) is 10.9 Å². The number of aryl methyl sites for hydroxylation is 1. The fourth-order valence-electron chi connectivity index (χ4n) is 2.72. The summed E-state index contributed by atoms with van der Waals surface area (Å²) in [5.41, 5.74) is 0.853. The topological polar surface area (TPSA) is 48.6 Å². The lowest BCUT2D eigenvalue weighted by Gasteiger charge is -2.24. The molecule has 0 spiro atoms. The largest absolute Gasteiger partial charge is 0.370 e. The molecule has 1 fully saturated rings. The molecule has 1 N–H and O–H groups in total. The van der Waals surface area contributed by atoms with Gasteiger partial charge < -0.3 is 9.64 Å². The molecule has 0 bridgehead atoms. The van der Waals surface area contributed by atoms with Crippen LogP contribution < -0.4 is 10.5 Å². The molecular formula is C15H20N3O2+. The second-order valence-corrected chi connectivity index (χ2v) is 5.25. The fourth-order valence-corrected chi connectivity index (χ4v) is 2.72. The molecule has 0 amide bonds. The Morgan fingerprint density at radius 3 is 2.85 bits per heavy atom. The van der Waals surface area contributed by atoms with Crippen LogP contribution in [0.2, 0.25) is 0 Å². The fraction of sp³-hybridized carbons (Fsp3) is 0.467. The molecule has 1 aromatic carbocycles. The molecule has 2 heterocycles. The van der Waals surface area contributed by atoms with Gasteiger partial charge in [-0.2, -0.15) is 0 Å². The smallest absolute Gasteiger partial charge is 0.261 e. The second kappa shape index (κ2) is 5.73. The van der Waals surface area contributed by atoms with E-state index in [1.54, 1.807) is 4.57 Å². The van der Waals surface area contributed by atoms with E-state index in [-0.39, 0.29) is 5.56 Å². The molecule has 20 heavy (non-hydrogen) atoms. The van der Waals surface area contributed by atoms with Crippen LogP contribution in [0.4, 0.5) is 0 Å². The summed E-state index contributed by atoms with van der Waals surface area (Å²) in [7, 11) is 0. The number of quaternary nitrogens is 1. The van der Waals surface area contributed by atoms with E-state index < -0.39 is 0 Å². The summed E-state index contributed by atoms with van der Waals surface area (Å²) in [5.74, 6) is 0.793. The number of nitrogens with zero attached hydrogens (tertiary/aromatic N) is 2. The number of ether oxygens (including phenoxy) is 1. The number of rotatable bonds is 3. The Kier molecular flexibility index (Phi) is 3.80. The standard InChI is InChI=1S/C15H19N3O2/c1-12-16-14-5-3-2-4-13(14)15(19)18(12)7-6-17-8-10-20-11-9-17/h2-5H,6-11H2,1H3/p+1. The van der Waals surface area contributed by atoms with Gasteiger partial charge in [-0.25, -0.2) is 4.98 Å². The molecule has 1 aliphatic rings. The van der Waals surface area contributed by atoms with Gasteiger partial charge in [0.25, 0.3) is 5.56 Å². The van der Waals surface area contributed by atoms with Crippen LogP contribution in [0.3, 0.4) is 0 Å². The summed E-state index contributed by atoms with van der Waals surface area (Å²) < 4.78 is 7.15. The second-order valence-electron chi connectivity index (χ2n) is 5.25. The third kappa shape index (κ3) is 2.59. The Labute approximate surface area is 117 Å². The van der Waals surface area contributed by atoms with Gasteiger partial charge in [0.05, 0.1) is 37.2 Å². The Bertz CT molecular complexity index is 660. The molecule has 2 aromatic rings. The highest BCUT2D eigenvalue weighted by Crippen LogP contribution is 2.06. The molecule has 1 aromatic heterocycles. The summed E-state index contributed by atoms with van der Waals surface area (Å²) >= 11 is 0. The quantitative estimate of drug-likeness (QED) is 0.830. The summed E-state index contributed by atoms with van der Waals surface area (Å²) in [4.78, 5) is 18.5. The average molecular weight is 274 g/mol. The summed E-state index contributed by atoms with van der Waals surface area (Å²) in [6.07, 6.45) is 0. The molecule has 3 rings (SSSR count). The number of morpholine rings is 1. The van der Waals surface area contributed by atoms with E-state index in [1.807, 2.05) is 31.2 Å². The number of benzene rings is 1. The number of fused-ring (bicyclic) bond motifs is 1. The van der Waals surface area contributed by atoms with E-state index in [1.165, 1.54) is 4.90 Å². The zero-order chi connectivity index (χ0) is 13.9. The number of para-hydroxylation sites is 1. The molecule has 0 atom stereocenters. The maximum Gasteiger partial charge on any atom is 0.261 e. The lowest BCUT2D eigenvalue weighted by molar-refractivity contribution is -0.908. The van der Waals surface area contributed by atoms with Crippen LogP contribution in [0.1, 0.15) is 5.82 Å². The van der Waals surface area contributed by atoms with Gasteiger partial charge in [0, 0.05) is 0 Å². The maximum atomic E-state index is 12.5. The molecule has 1 saturated heterocycles. The Balaban J connectivity index is 1.85. The highest BCUT2D eigenvalue weighted by Gasteiger charge is 2.15. The van der Waals surface area contributed by atoms with Crippen molar-refractivity contribution in [1.29, 1.82) is 0 Å². The zero-order valence-corrected chi connectivity index (χ0v) is 11.8. The van der Waals surface area contributed by atoms with Crippen molar-refractivity contribution < 1.29 is 9.64 Å². The van der Waals surface area contributed by atoms with Crippen LogP contribution >= 0.6 is 0 Å². The molecule has 0 unspecified atom stereocenters. The van der Waals surface area contributed by atoms with E-state index in [2.05, 4.69) is 4.98 Å². The van der Waals surface area contributed by atoms with E-state index in [0.29, 0.717) is 5.39 Å². The van der Waals surface area contributed by atoms with E-state index in [4.69, 9.17) is 4.74 Å². The minimum absolute atomic E-state index is 0.0701. The Hall–Kier alpha value is -1.72. The average Bonchev–Trinajstić information content (AvgIpc) is 2.48. The Morgan fingerprint density at radius 1 is 1.30 bits per heavy atom. The van der Waals surface area contributed by atoms with Crippen LogP contribution in [-0.2, 0) is 11.3 Å². The first-order valence-electron chi connectivity index (χ1n) is 7.13. The van der Waals surface area contributed by atoms with Crippen molar-refractivity contribution in [3.8, 4) is 0 Å². The lowest BCUT2D eigenvalue weighted by atomic mass is 10.2. The highest BCUT2D eigenvalue weighted by atomic mass is 16.5. The van der Waals surface area contributed by atoms with Crippen molar-refractivity contribution in [3.63, 3.8) is 0 Å². The monoisotopic (exact) mass is 274 g/mol. The highest BCUT2D eigenvalue weighted by molar-refractivity contribution is 5.77. The van der Waals surface area contributed by atoms with Crippen molar-refractivity contribution in [2.75, 3.05) is 32.8 Å². The van der Waals surface area contributed by atoms with Crippen molar-refractivity contribution in [2.45, 2.75) is 13.5 Å². The van der Waals surface area contributed by atoms with Crippen molar-refractivity contribution in [3.05, 3.63) is 40.4 Å². The molecular weight excluding hydrogens is 254 g/mol. The van der Waals surface area contributed by atoms with Crippen LogP contribution in [0, 0.1) is 6.92 Å². The first-order chi connectivity index (χ1) is 9.75. The molecule has 1 aliphatic heterocycles. The first-order valence-corrected chi connectivity index (χ1v) is 7.13. The van der Waals surface area contributed by atoms with Gasteiger partial charge >= 0.3 is 0 Å². The number of hydrogen-bond acceptors (Lipinski definition) is 3. The van der Waals surface area contributed by atoms with Gasteiger partial charge in [-0.3, -0.25) is 9.36 Å². The van der Waals surface area contributed by atoms with Crippen molar-refractivity contribution in [1.82, 2.24) is 9.55 Å². The lowest BCUT2D eigenvalue weighted by Crippen LogP contribution is -3.14. The minimum atomic E-state index is 0.0701. The van der Waals surface area contributed by atoms with Crippen LogP contribution in [0.15, 0.2) is 29.1 Å². The van der Waals surface area contributed by atoms with E-state index >= 15 is 0 Å². The van der Waals surface area contributed by atoms with Crippen molar-refractivity contribution in [2.24, 2.45) is 0 Å². The van der Waals surface area contributed by atoms with Crippen LogP contribution in [0.5, 0.6) is 0 Å². The molecule has 5 nitrogen and oxygen atoms in total. The Morgan fingerprint density at radius 2 is 2.05 bits per heavy atom. The van der Waals surface area contributed by atoms with E-state index in [0.717, 1.165) is 50.7 Å². The normalized spacial score (nSPS) is 16.6. The minimum Gasteiger partial charge on any atom is -0.370 e. The summed E-state index contributed by atoms with van der Waals surface area (Å²) in [5, 5.41) is 0.704. The summed E-state index contributed by atoms with van der Waals surface area (Å²) in [6, 6.07) is 7.54. The molecule has 0 radical (unpaired) electrons. The van der Waals surface area contributed by atoms with Gasteiger partial charge in [-0.1, -0.05) is 12.1 Å². The number of aromatic nitrogens is 2. The molecule has 0 saturated carbocycles. The first kappa shape index (κ1) is 13.3. The third-order valence-electron chi connectivity index (χ3n) is 3.94. The van der Waals surface area contributed by atoms with Gasteiger partial charge in [-0.05, 0) is 19.1 Å². The maximum absolute atomic E-state index is 12.5. The predicted molar refractivity (Wildman–Crippen MR) is 77.1 cm³/mol. The van der Waals surface area contributed by atoms with Gasteiger partial charge in [0.1, 0.15) is 18.9 Å².